The number of nitrogens with one attached hydrogen (secondary N) is 1. The number of aromatic nitrogens is 1. The van der Waals surface area contributed by atoms with Crippen molar-refractivity contribution in [1.82, 2.24) is 20.1 Å². The lowest BCUT2D eigenvalue weighted by atomic mass is 9.88. The number of carbonyl (C=O) groups is 3. The zero-order valence-electron chi connectivity index (χ0n) is 22.2. The van der Waals surface area contributed by atoms with Crippen LogP contribution in [0.4, 0.5) is 0 Å². The minimum Gasteiger partial charge on any atom is -0.492 e. The maximum absolute atomic E-state index is 13.4. The normalized spacial score (nSPS) is 22.8. The average Bonchev–Trinajstić information content (AvgIpc) is 3.59. The van der Waals surface area contributed by atoms with Gasteiger partial charge in [0.05, 0.1) is 12.5 Å². The third kappa shape index (κ3) is 6.17. The molecule has 202 valence electrons. The number of likely N-dealkylation sites (tertiary alicyclic amines) is 1. The monoisotopic (exact) mass is 518 g/mol. The lowest BCUT2D eigenvalue weighted by Gasteiger charge is -2.25. The fraction of sp³-hybridized carbons (Fsp3) is 0.533. The van der Waals surface area contributed by atoms with Gasteiger partial charge in [-0.25, -0.2) is 4.98 Å². The van der Waals surface area contributed by atoms with E-state index in [1.54, 1.807) is 11.0 Å². The first-order chi connectivity index (χ1) is 18.5. The molecule has 0 radical (unpaired) electrons. The van der Waals surface area contributed by atoms with Gasteiger partial charge in [0.1, 0.15) is 18.1 Å². The molecular formula is C30H38N4O4. The Morgan fingerprint density at radius 3 is 2.61 bits per heavy atom. The molecule has 0 unspecified atom stereocenters. The van der Waals surface area contributed by atoms with Crippen LogP contribution in [-0.2, 0) is 9.59 Å². The molecular weight excluding hydrogens is 480 g/mol. The number of carbonyl (C=O) groups excluding carboxylic acids is 3. The molecule has 5 rings (SSSR count). The Labute approximate surface area is 224 Å². The number of amides is 3. The van der Waals surface area contributed by atoms with Crippen molar-refractivity contribution < 1.29 is 19.1 Å². The third-order valence-corrected chi connectivity index (χ3v) is 8.16. The van der Waals surface area contributed by atoms with Crippen LogP contribution in [0.5, 0.6) is 5.75 Å². The fourth-order valence-electron chi connectivity index (χ4n) is 6.07. The summed E-state index contributed by atoms with van der Waals surface area (Å²) in [7, 11) is 0. The van der Waals surface area contributed by atoms with E-state index in [1.807, 2.05) is 48.2 Å². The van der Waals surface area contributed by atoms with Crippen molar-refractivity contribution in [1.29, 1.82) is 0 Å². The molecule has 1 aromatic heterocycles. The van der Waals surface area contributed by atoms with Crippen LogP contribution in [0.2, 0.25) is 0 Å². The van der Waals surface area contributed by atoms with Crippen LogP contribution >= 0.6 is 0 Å². The van der Waals surface area contributed by atoms with Crippen LogP contribution in [-0.4, -0.2) is 71.8 Å². The molecule has 2 bridgehead atoms. The van der Waals surface area contributed by atoms with E-state index in [0.29, 0.717) is 69.5 Å². The van der Waals surface area contributed by atoms with E-state index in [2.05, 4.69) is 10.3 Å². The Hall–Kier alpha value is -3.42. The van der Waals surface area contributed by atoms with Crippen molar-refractivity contribution in [3.63, 3.8) is 0 Å². The van der Waals surface area contributed by atoms with Gasteiger partial charge in [0, 0.05) is 44.2 Å². The predicted octanol–water partition coefficient (Wildman–Crippen LogP) is 3.55. The predicted molar refractivity (Wildman–Crippen MR) is 144 cm³/mol. The second-order valence-electron chi connectivity index (χ2n) is 10.9. The van der Waals surface area contributed by atoms with Crippen molar-refractivity contribution in [3.05, 3.63) is 59.4 Å². The van der Waals surface area contributed by atoms with Gasteiger partial charge in [0.15, 0.2) is 0 Å². The number of rotatable bonds is 3. The van der Waals surface area contributed by atoms with E-state index in [4.69, 9.17) is 4.74 Å². The summed E-state index contributed by atoms with van der Waals surface area (Å²) in [5, 5.41) is 3.10. The molecule has 1 aliphatic carbocycles. The third-order valence-electron chi connectivity index (χ3n) is 8.16. The molecule has 1 N–H and O–H groups in total. The molecule has 1 saturated carbocycles. The molecule has 1 aromatic carbocycles. The first kappa shape index (κ1) is 26.2. The first-order valence-electron chi connectivity index (χ1n) is 14.0. The summed E-state index contributed by atoms with van der Waals surface area (Å²) >= 11 is 0. The van der Waals surface area contributed by atoms with E-state index in [9.17, 15) is 14.4 Å². The van der Waals surface area contributed by atoms with Crippen LogP contribution in [0.1, 0.15) is 66.2 Å². The molecule has 2 aromatic rings. The molecule has 8 nitrogen and oxygen atoms in total. The number of nitrogens with zero attached hydrogens (tertiary/aromatic N) is 3. The highest BCUT2D eigenvalue weighted by atomic mass is 16.5. The average molecular weight is 519 g/mol. The van der Waals surface area contributed by atoms with Gasteiger partial charge in [-0.1, -0.05) is 31.0 Å². The van der Waals surface area contributed by atoms with Crippen LogP contribution < -0.4 is 10.1 Å². The topological polar surface area (TPSA) is 91.8 Å². The maximum atomic E-state index is 13.4. The van der Waals surface area contributed by atoms with Crippen molar-refractivity contribution >= 4 is 17.7 Å². The van der Waals surface area contributed by atoms with Crippen molar-refractivity contribution in [2.75, 3.05) is 39.3 Å². The number of fused-ring (bicyclic) bond motifs is 4. The molecule has 2 atom stereocenters. The summed E-state index contributed by atoms with van der Waals surface area (Å²) in [6.45, 7) is 4.67. The Morgan fingerprint density at radius 2 is 1.79 bits per heavy atom. The van der Waals surface area contributed by atoms with Gasteiger partial charge in [0.2, 0.25) is 11.8 Å². The summed E-state index contributed by atoms with van der Waals surface area (Å²) in [6.07, 6.45) is 6.00. The highest BCUT2D eigenvalue weighted by Crippen LogP contribution is 2.35. The molecule has 0 spiro atoms. The minimum absolute atomic E-state index is 0.0604. The summed E-state index contributed by atoms with van der Waals surface area (Å²) in [5.41, 5.74) is 2.16. The van der Waals surface area contributed by atoms with Crippen LogP contribution in [0, 0.1) is 18.8 Å². The van der Waals surface area contributed by atoms with Crippen molar-refractivity contribution in [3.8, 4) is 5.75 Å². The second-order valence-corrected chi connectivity index (χ2v) is 10.9. The molecule has 3 aliphatic rings. The highest BCUT2D eigenvalue weighted by Gasteiger charge is 2.41. The number of pyridine rings is 1. The second kappa shape index (κ2) is 12.0. The van der Waals surface area contributed by atoms with Crippen molar-refractivity contribution in [2.45, 2.75) is 51.4 Å². The van der Waals surface area contributed by atoms with Crippen molar-refractivity contribution in [2.24, 2.45) is 11.8 Å². The quantitative estimate of drug-likeness (QED) is 0.671. The fourth-order valence-corrected chi connectivity index (χ4v) is 6.07. The van der Waals surface area contributed by atoms with Gasteiger partial charge < -0.3 is 19.9 Å². The largest absolute Gasteiger partial charge is 0.492 e. The Kier molecular flexibility index (Phi) is 8.25. The van der Waals surface area contributed by atoms with Gasteiger partial charge in [-0.15, -0.1) is 0 Å². The van der Waals surface area contributed by atoms with E-state index < -0.39 is 0 Å². The van der Waals surface area contributed by atoms with E-state index in [0.717, 1.165) is 24.1 Å². The van der Waals surface area contributed by atoms with E-state index in [1.165, 1.54) is 12.8 Å². The van der Waals surface area contributed by atoms with Gasteiger partial charge >= 0.3 is 0 Å². The number of hydrogen-bond acceptors (Lipinski definition) is 5. The smallest absolute Gasteiger partial charge is 0.272 e. The molecule has 2 aliphatic heterocycles. The Morgan fingerprint density at radius 1 is 1.00 bits per heavy atom. The molecule has 2 fully saturated rings. The van der Waals surface area contributed by atoms with Crippen LogP contribution in [0.25, 0.3) is 0 Å². The lowest BCUT2D eigenvalue weighted by Crippen LogP contribution is -2.39. The van der Waals surface area contributed by atoms with E-state index in [-0.39, 0.29) is 29.6 Å². The standard InChI is InChI=1S/C30H38N4O4/c1-21-7-4-12-27(32-21)30(37)34-19-25-23-10-5-11-24(18-23)38-16-15-33(28(35)17-22-8-2-3-9-22)14-6-13-31-29(36)26(25)20-34/h4-5,7,10-12,18,22,25-26H,2-3,6,8-9,13-17,19-20H2,1H3,(H,31,36)/t25-,26+/m1/s1. The number of aryl methyl sites for hydroxylation is 1. The summed E-state index contributed by atoms with van der Waals surface area (Å²) in [4.78, 5) is 47.8. The van der Waals surface area contributed by atoms with Gasteiger partial charge in [-0.05, 0) is 61.9 Å². The van der Waals surface area contributed by atoms with Gasteiger partial charge in [0.25, 0.3) is 5.91 Å². The highest BCUT2D eigenvalue weighted by molar-refractivity contribution is 5.93. The number of ether oxygens (including phenoxy) is 1. The van der Waals surface area contributed by atoms with E-state index >= 15 is 0 Å². The maximum Gasteiger partial charge on any atom is 0.272 e. The summed E-state index contributed by atoms with van der Waals surface area (Å²) < 4.78 is 6.09. The summed E-state index contributed by atoms with van der Waals surface area (Å²) in [5.74, 6) is 0.662. The SMILES string of the molecule is Cc1cccc(C(=O)N2C[C@@H]3C(=O)NCCCN(C(=O)CC4CCCC4)CCOc4cccc(c4)[C@H]3C2)n1. The lowest BCUT2D eigenvalue weighted by molar-refractivity contribution is -0.132. The molecule has 3 amide bonds. The first-order valence-corrected chi connectivity index (χ1v) is 14.0. The zero-order chi connectivity index (χ0) is 26.5. The van der Waals surface area contributed by atoms with Gasteiger partial charge in [-0.3, -0.25) is 14.4 Å². The summed E-state index contributed by atoms with van der Waals surface area (Å²) in [6, 6.07) is 13.2. The molecule has 1 saturated heterocycles. The zero-order valence-corrected chi connectivity index (χ0v) is 22.2. The Balaban J connectivity index is 1.32. The number of hydrogen-bond donors (Lipinski definition) is 1. The number of benzene rings is 1. The van der Waals surface area contributed by atoms with Crippen LogP contribution in [0.15, 0.2) is 42.5 Å². The van der Waals surface area contributed by atoms with Gasteiger partial charge in [-0.2, -0.15) is 0 Å². The molecule has 3 heterocycles. The molecule has 38 heavy (non-hydrogen) atoms. The van der Waals surface area contributed by atoms with Crippen LogP contribution in [0.3, 0.4) is 0 Å². The molecule has 8 heteroatoms. The Bertz CT molecular complexity index is 1160. The minimum atomic E-state index is -0.373.